The fourth-order valence-electron chi connectivity index (χ4n) is 2.65. The first kappa shape index (κ1) is 19.3. The van der Waals surface area contributed by atoms with Crippen molar-refractivity contribution in [2.24, 2.45) is 5.92 Å². The van der Waals surface area contributed by atoms with E-state index in [9.17, 15) is 14.4 Å². The lowest BCUT2D eigenvalue weighted by atomic mass is 10.1. The van der Waals surface area contributed by atoms with Crippen molar-refractivity contribution in [1.82, 2.24) is 5.32 Å². The van der Waals surface area contributed by atoms with Gasteiger partial charge in [0.15, 0.2) is 5.78 Å². The van der Waals surface area contributed by atoms with Crippen molar-refractivity contribution >= 4 is 39.2 Å². The molecule has 6 heteroatoms. The van der Waals surface area contributed by atoms with Crippen molar-refractivity contribution in [1.29, 1.82) is 0 Å². The topological polar surface area (TPSA) is 75.3 Å². The van der Waals surface area contributed by atoms with Gasteiger partial charge in [0, 0.05) is 41.0 Å². The maximum atomic E-state index is 12.1. The Morgan fingerprint density at radius 2 is 1.74 bits per heavy atom. The Morgan fingerprint density at radius 1 is 1.00 bits per heavy atom. The lowest BCUT2D eigenvalue weighted by Gasteiger charge is -2.08. The number of anilines is 1. The molecule has 2 amide bonds. The van der Waals surface area contributed by atoms with Gasteiger partial charge >= 0.3 is 0 Å². The van der Waals surface area contributed by atoms with Gasteiger partial charge in [-0.05, 0) is 42.7 Å². The molecule has 0 aromatic heterocycles. The largest absolute Gasteiger partial charge is 0.352 e. The number of amides is 2. The highest BCUT2D eigenvalue weighted by Gasteiger charge is 2.29. The normalized spacial score (nSPS) is 13.1. The molecule has 5 nitrogen and oxygen atoms in total. The number of rotatable bonds is 8. The average Bonchev–Trinajstić information content (AvgIpc) is 3.50. The zero-order chi connectivity index (χ0) is 19.2. The molecule has 1 saturated carbocycles. The standard InChI is InChI=1S/C21H21BrN2O3/c22-17-8-6-15(7-9-17)19(25)10-11-20(26)23-13-14-2-1-3-18(12-14)24-21(27)16-4-5-16/h1-3,6-9,12,16H,4-5,10-11,13H2,(H,23,26)(H,24,27). The number of nitrogens with one attached hydrogen (secondary N) is 2. The van der Waals surface area contributed by atoms with Gasteiger partial charge in [-0.15, -0.1) is 0 Å². The molecule has 0 bridgehead atoms. The summed E-state index contributed by atoms with van der Waals surface area (Å²) in [5, 5.41) is 5.71. The second kappa shape index (κ2) is 8.95. The van der Waals surface area contributed by atoms with Crippen LogP contribution in [0.4, 0.5) is 5.69 Å². The van der Waals surface area contributed by atoms with Crippen molar-refractivity contribution in [2.45, 2.75) is 32.2 Å². The maximum Gasteiger partial charge on any atom is 0.227 e. The van der Waals surface area contributed by atoms with Crippen LogP contribution in [0.5, 0.6) is 0 Å². The molecule has 1 fully saturated rings. The second-order valence-corrected chi connectivity index (χ2v) is 7.59. The summed E-state index contributed by atoms with van der Waals surface area (Å²) < 4.78 is 0.910. The Hall–Kier alpha value is -2.47. The van der Waals surface area contributed by atoms with Crippen LogP contribution in [0.1, 0.15) is 41.6 Å². The Kier molecular flexibility index (Phi) is 6.40. The van der Waals surface area contributed by atoms with Gasteiger partial charge in [0.25, 0.3) is 0 Å². The molecule has 0 unspecified atom stereocenters. The van der Waals surface area contributed by atoms with Crippen LogP contribution in [0, 0.1) is 5.92 Å². The van der Waals surface area contributed by atoms with E-state index in [4.69, 9.17) is 0 Å². The third-order valence-electron chi connectivity index (χ3n) is 4.38. The molecular formula is C21H21BrN2O3. The van der Waals surface area contributed by atoms with Crippen LogP contribution in [0.15, 0.2) is 53.0 Å². The number of hydrogen-bond acceptors (Lipinski definition) is 3. The molecule has 0 aliphatic heterocycles. The number of Topliss-reactive ketones (excluding diaryl/α,β-unsaturated/α-hetero) is 1. The van der Waals surface area contributed by atoms with E-state index in [0.29, 0.717) is 12.1 Å². The van der Waals surface area contributed by atoms with Crippen LogP contribution >= 0.6 is 15.9 Å². The second-order valence-electron chi connectivity index (χ2n) is 6.67. The van der Waals surface area contributed by atoms with E-state index in [-0.39, 0.29) is 36.4 Å². The van der Waals surface area contributed by atoms with Crippen molar-refractivity contribution in [3.05, 3.63) is 64.1 Å². The minimum absolute atomic E-state index is 0.0533. The molecule has 2 aromatic rings. The summed E-state index contributed by atoms with van der Waals surface area (Å²) in [5.41, 5.74) is 2.24. The first-order valence-corrected chi connectivity index (χ1v) is 9.76. The molecule has 1 aliphatic rings. The van der Waals surface area contributed by atoms with Gasteiger partial charge in [-0.2, -0.15) is 0 Å². The molecule has 2 aromatic carbocycles. The van der Waals surface area contributed by atoms with E-state index in [1.807, 2.05) is 36.4 Å². The smallest absolute Gasteiger partial charge is 0.227 e. The van der Waals surface area contributed by atoms with Crippen molar-refractivity contribution < 1.29 is 14.4 Å². The SMILES string of the molecule is O=C(CCC(=O)c1ccc(Br)cc1)NCc1cccc(NC(=O)C2CC2)c1. The molecular weight excluding hydrogens is 408 g/mol. The first-order chi connectivity index (χ1) is 13.0. The van der Waals surface area contributed by atoms with Crippen molar-refractivity contribution in [3.63, 3.8) is 0 Å². The summed E-state index contributed by atoms with van der Waals surface area (Å²) in [6.45, 7) is 0.360. The van der Waals surface area contributed by atoms with Crippen LogP contribution in [-0.2, 0) is 16.1 Å². The third kappa shape index (κ3) is 6.03. The zero-order valence-corrected chi connectivity index (χ0v) is 16.4. The predicted octanol–water partition coefficient (Wildman–Crippen LogP) is 4.08. The molecule has 140 valence electrons. The highest BCUT2D eigenvalue weighted by Crippen LogP contribution is 2.30. The highest BCUT2D eigenvalue weighted by atomic mass is 79.9. The monoisotopic (exact) mass is 428 g/mol. The summed E-state index contributed by atoms with van der Waals surface area (Å²) in [6, 6.07) is 14.5. The first-order valence-electron chi connectivity index (χ1n) is 8.96. The molecule has 0 heterocycles. The number of ketones is 1. The van der Waals surface area contributed by atoms with Crippen LogP contribution < -0.4 is 10.6 Å². The minimum atomic E-state index is -0.173. The molecule has 0 spiro atoms. The van der Waals surface area contributed by atoms with Gasteiger partial charge in [-0.3, -0.25) is 14.4 Å². The molecule has 3 rings (SSSR count). The van der Waals surface area contributed by atoms with E-state index in [2.05, 4.69) is 26.6 Å². The fraction of sp³-hybridized carbons (Fsp3) is 0.286. The molecule has 0 saturated heterocycles. The van der Waals surface area contributed by atoms with Gasteiger partial charge < -0.3 is 10.6 Å². The van der Waals surface area contributed by atoms with Gasteiger partial charge in [0.2, 0.25) is 11.8 Å². The Bertz CT molecular complexity index is 845. The number of hydrogen-bond donors (Lipinski definition) is 2. The Labute approximate surface area is 166 Å². The number of carbonyl (C=O) groups excluding carboxylic acids is 3. The highest BCUT2D eigenvalue weighted by molar-refractivity contribution is 9.10. The predicted molar refractivity (Wildman–Crippen MR) is 107 cm³/mol. The van der Waals surface area contributed by atoms with Crippen LogP contribution in [0.2, 0.25) is 0 Å². The average molecular weight is 429 g/mol. The zero-order valence-electron chi connectivity index (χ0n) is 14.8. The number of halogens is 1. The van der Waals surface area contributed by atoms with Gasteiger partial charge in [0.1, 0.15) is 0 Å². The van der Waals surface area contributed by atoms with Crippen LogP contribution in [0.3, 0.4) is 0 Å². The Morgan fingerprint density at radius 3 is 2.44 bits per heavy atom. The summed E-state index contributed by atoms with van der Waals surface area (Å²) in [5.74, 6) is -0.0189. The number of carbonyl (C=O) groups is 3. The fourth-order valence-corrected chi connectivity index (χ4v) is 2.91. The van der Waals surface area contributed by atoms with Gasteiger partial charge in [-0.25, -0.2) is 0 Å². The summed E-state index contributed by atoms with van der Waals surface area (Å²) in [4.78, 5) is 36.0. The van der Waals surface area contributed by atoms with E-state index in [1.165, 1.54) is 0 Å². The Balaban J connectivity index is 1.44. The molecule has 0 atom stereocenters. The lowest BCUT2D eigenvalue weighted by Crippen LogP contribution is -2.23. The van der Waals surface area contributed by atoms with Gasteiger partial charge in [-0.1, -0.05) is 40.2 Å². The van der Waals surface area contributed by atoms with Crippen LogP contribution in [-0.4, -0.2) is 17.6 Å². The quantitative estimate of drug-likeness (QED) is 0.621. The molecule has 2 N–H and O–H groups in total. The molecule has 27 heavy (non-hydrogen) atoms. The molecule has 1 aliphatic carbocycles. The third-order valence-corrected chi connectivity index (χ3v) is 4.91. The lowest BCUT2D eigenvalue weighted by molar-refractivity contribution is -0.121. The van der Waals surface area contributed by atoms with Crippen molar-refractivity contribution in [3.8, 4) is 0 Å². The number of benzene rings is 2. The summed E-state index contributed by atoms with van der Waals surface area (Å²) in [7, 11) is 0. The maximum absolute atomic E-state index is 12.1. The van der Waals surface area contributed by atoms with E-state index < -0.39 is 0 Å². The van der Waals surface area contributed by atoms with E-state index in [1.54, 1.807) is 12.1 Å². The minimum Gasteiger partial charge on any atom is -0.352 e. The van der Waals surface area contributed by atoms with E-state index in [0.717, 1.165) is 28.6 Å². The molecule has 0 radical (unpaired) electrons. The van der Waals surface area contributed by atoms with E-state index >= 15 is 0 Å². The summed E-state index contributed by atoms with van der Waals surface area (Å²) in [6.07, 6.45) is 2.24. The van der Waals surface area contributed by atoms with Crippen LogP contribution in [0.25, 0.3) is 0 Å². The summed E-state index contributed by atoms with van der Waals surface area (Å²) >= 11 is 3.33. The van der Waals surface area contributed by atoms with Crippen molar-refractivity contribution in [2.75, 3.05) is 5.32 Å². The van der Waals surface area contributed by atoms with Gasteiger partial charge in [0.05, 0.1) is 0 Å².